The lowest BCUT2D eigenvalue weighted by atomic mass is 10.2. The number of halogens is 1. The van der Waals surface area contributed by atoms with Gasteiger partial charge in [0.05, 0.1) is 11.9 Å². The molecule has 2 aromatic carbocycles. The zero-order chi connectivity index (χ0) is 11.2. The van der Waals surface area contributed by atoms with Crippen LogP contribution in [0, 0.1) is 0 Å². The second kappa shape index (κ2) is 5.33. The normalized spacial score (nSPS) is 10.6. The molecule has 16 heavy (non-hydrogen) atoms. The predicted octanol–water partition coefficient (Wildman–Crippen LogP) is 3.79. The molecular formula is C13H11ClN2. The average Bonchev–Trinajstić information content (AvgIpc) is 2.33. The second-order valence-corrected chi connectivity index (χ2v) is 3.72. The van der Waals surface area contributed by atoms with Gasteiger partial charge in [-0.05, 0) is 29.8 Å². The van der Waals surface area contributed by atoms with E-state index in [1.807, 2.05) is 54.6 Å². The van der Waals surface area contributed by atoms with Crippen LogP contribution in [0.4, 0.5) is 5.69 Å². The number of hydrazone groups is 1. The Bertz CT molecular complexity index is 463. The molecule has 2 nitrogen and oxygen atoms in total. The number of nitrogens with zero attached hydrogens (tertiary/aromatic N) is 1. The van der Waals surface area contributed by atoms with Gasteiger partial charge in [-0.2, -0.15) is 5.10 Å². The van der Waals surface area contributed by atoms with Gasteiger partial charge in [0.1, 0.15) is 0 Å². The molecule has 0 aromatic heterocycles. The van der Waals surface area contributed by atoms with Crippen LogP contribution in [0.3, 0.4) is 0 Å². The first-order chi connectivity index (χ1) is 7.84. The fourth-order valence-corrected chi connectivity index (χ4v) is 1.37. The molecule has 0 fully saturated rings. The van der Waals surface area contributed by atoms with Gasteiger partial charge in [-0.15, -0.1) is 0 Å². The summed E-state index contributed by atoms with van der Waals surface area (Å²) in [6.45, 7) is 0. The summed E-state index contributed by atoms with van der Waals surface area (Å²) in [5.41, 5.74) is 4.92. The zero-order valence-corrected chi connectivity index (χ0v) is 9.35. The SMILES string of the molecule is Clc1ccc(/C=N/Nc2ccccc2)cc1. The van der Waals surface area contributed by atoms with E-state index in [1.165, 1.54) is 0 Å². The number of anilines is 1. The molecular weight excluding hydrogens is 220 g/mol. The second-order valence-electron chi connectivity index (χ2n) is 3.29. The Kier molecular flexibility index (Phi) is 3.57. The molecule has 0 amide bonds. The monoisotopic (exact) mass is 230 g/mol. The molecule has 2 rings (SSSR count). The molecule has 0 aliphatic rings. The summed E-state index contributed by atoms with van der Waals surface area (Å²) in [4.78, 5) is 0. The van der Waals surface area contributed by atoms with Crippen LogP contribution in [0.5, 0.6) is 0 Å². The van der Waals surface area contributed by atoms with Crippen molar-refractivity contribution >= 4 is 23.5 Å². The number of para-hydroxylation sites is 1. The van der Waals surface area contributed by atoms with Crippen LogP contribution in [-0.2, 0) is 0 Å². The van der Waals surface area contributed by atoms with Gasteiger partial charge >= 0.3 is 0 Å². The highest BCUT2D eigenvalue weighted by Crippen LogP contribution is 2.08. The van der Waals surface area contributed by atoms with E-state index in [1.54, 1.807) is 6.21 Å². The van der Waals surface area contributed by atoms with Crippen molar-refractivity contribution in [3.8, 4) is 0 Å². The number of rotatable bonds is 3. The first-order valence-electron chi connectivity index (χ1n) is 4.94. The molecule has 0 aliphatic heterocycles. The highest BCUT2D eigenvalue weighted by molar-refractivity contribution is 6.30. The van der Waals surface area contributed by atoms with Crippen molar-refractivity contribution in [1.29, 1.82) is 0 Å². The zero-order valence-electron chi connectivity index (χ0n) is 8.60. The van der Waals surface area contributed by atoms with Crippen LogP contribution in [-0.4, -0.2) is 6.21 Å². The van der Waals surface area contributed by atoms with Crippen molar-refractivity contribution in [2.24, 2.45) is 5.10 Å². The van der Waals surface area contributed by atoms with E-state index in [-0.39, 0.29) is 0 Å². The Morgan fingerprint density at radius 3 is 2.31 bits per heavy atom. The molecule has 2 aromatic rings. The molecule has 0 saturated carbocycles. The fourth-order valence-electron chi connectivity index (χ4n) is 1.24. The van der Waals surface area contributed by atoms with E-state index >= 15 is 0 Å². The van der Waals surface area contributed by atoms with Crippen LogP contribution in [0.15, 0.2) is 59.7 Å². The largest absolute Gasteiger partial charge is 0.279 e. The molecule has 0 heterocycles. The van der Waals surface area contributed by atoms with E-state index in [0.29, 0.717) is 0 Å². The van der Waals surface area contributed by atoms with Crippen molar-refractivity contribution in [3.05, 3.63) is 65.2 Å². The van der Waals surface area contributed by atoms with E-state index in [4.69, 9.17) is 11.6 Å². The van der Waals surface area contributed by atoms with Gasteiger partial charge in [0, 0.05) is 5.02 Å². The Labute approximate surface area is 99.6 Å². The quantitative estimate of drug-likeness (QED) is 0.630. The third-order valence-corrected chi connectivity index (χ3v) is 2.30. The van der Waals surface area contributed by atoms with Crippen LogP contribution in [0.1, 0.15) is 5.56 Å². The van der Waals surface area contributed by atoms with Crippen molar-refractivity contribution in [2.75, 3.05) is 5.43 Å². The molecule has 80 valence electrons. The smallest absolute Gasteiger partial charge is 0.0561 e. The number of nitrogens with one attached hydrogen (secondary N) is 1. The Morgan fingerprint density at radius 2 is 1.62 bits per heavy atom. The minimum atomic E-state index is 0.730. The van der Waals surface area contributed by atoms with Crippen molar-refractivity contribution in [1.82, 2.24) is 0 Å². The van der Waals surface area contributed by atoms with Gasteiger partial charge in [0.25, 0.3) is 0 Å². The fraction of sp³-hybridized carbons (Fsp3) is 0. The van der Waals surface area contributed by atoms with Crippen molar-refractivity contribution in [3.63, 3.8) is 0 Å². The predicted molar refractivity (Wildman–Crippen MR) is 69.1 cm³/mol. The molecule has 0 bridgehead atoms. The first-order valence-corrected chi connectivity index (χ1v) is 5.32. The van der Waals surface area contributed by atoms with Crippen LogP contribution in [0.2, 0.25) is 5.02 Å². The van der Waals surface area contributed by atoms with Gasteiger partial charge in [0.15, 0.2) is 0 Å². The maximum atomic E-state index is 5.78. The van der Waals surface area contributed by atoms with Crippen LogP contribution in [0.25, 0.3) is 0 Å². The molecule has 3 heteroatoms. The summed E-state index contributed by atoms with van der Waals surface area (Å²) >= 11 is 5.78. The summed E-state index contributed by atoms with van der Waals surface area (Å²) in [5.74, 6) is 0. The minimum absolute atomic E-state index is 0.730. The molecule has 0 radical (unpaired) electrons. The van der Waals surface area contributed by atoms with Crippen molar-refractivity contribution < 1.29 is 0 Å². The van der Waals surface area contributed by atoms with Gasteiger partial charge < -0.3 is 0 Å². The lowest BCUT2D eigenvalue weighted by molar-refractivity contribution is 1.35. The topological polar surface area (TPSA) is 24.4 Å². The number of benzene rings is 2. The summed E-state index contributed by atoms with van der Waals surface area (Å²) in [6.07, 6.45) is 1.75. The van der Waals surface area contributed by atoms with E-state index in [0.717, 1.165) is 16.3 Å². The Balaban J connectivity index is 1.98. The lowest BCUT2D eigenvalue weighted by Crippen LogP contribution is -1.89. The minimum Gasteiger partial charge on any atom is -0.279 e. The molecule has 1 N–H and O–H groups in total. The molecule has 0 spiro atoms. The molecule has 0 saturated heterocycles. The van der Waals surface area contributed by atoms with E-state index in [9.17, 15) is 0 Å². The summed E-state index contributed by atoms with van der Waals surface area (Å²) in [6, 6.07) is 17.3. The highest BCUT2D eigenvalue weighted by atomic mass is 35.5. The van der Waals surface area contributed by atoms with Gasteiger partial charge in [-0.3, -0.25) is 5.43 Å². The first kappa shape index (κ1) is 10.7. The summed E-state index contributed by atoms with van der Waals surface area (Å²) in [7, 11) is 0. The van der Waals surface area contributed by atoms with Gasteiger partial charge in [-0.25, -0.2) is 0 Å². The van der Waals surface area contributed by atoms with Crippen LogP contribution >= 0.6 is 11.6 Å². The maximum absolute atomic E-state index is 5.78. The van der Waals surface area contributed by atoms with Gasteiger partial charge in [-0.1, -0.05) is 41.9 Å². The molecule has 0 unspecified atom stereocenters. The van der Waals surface area contributed by atoms with Gasteiger partial charge in [0.2, 0.25) is 0 Å². The average molecular weight is 231 g/mol. The number of hydrogen-bond donors (Lipinski definition) is 1. The lowest BCUT2D eigenvalue weighted by Gasteiger charge is -1.98. The maximum Gasteiger partial charge on any atom is 0.0561 e. The number of hydrogen-bond acceptors (Lipinski definition) is 2. The van der Waals surface area contributed by atoms with Crippen LogP contribution < -0.4 is 5.43 Å². The van der Waals surface area contributed by atoms with Crippen molar-refractivity contribution in [2.45, 2.75) is 0 Å². The standard InChI is InChI=1S/C13H11ClN2/c14-12-8-6-11(7-9-12)10-15-16-13-4-2-1-3-5-13/h1-10,16H/b15-10+. The van der Waals surface area contributed by atoms with E-state index in [2.05, 4.69) is 10.5 Å². The third-order valence-electron chi connectivity index (χ3n) is 2.05. The molecule has 0 aliphatic carbocycles. The summed E-state index contributed by atoms with van der Waals surface area (Å²) in [5, 5.41) is 4.85. The summed E-state index contributed by atoms with van der Waals surface area (Å²) < 4.78 is 0. The Morgan fingerprint density at radius 1 is 0.938 bits per heavy atom. The highest BCUT2D eigenvalue weighted by Gasteiger charge is 1.88. The van der Waals surface area contributed by atoms with E-state index < -0.39 is 0 Å². The Hall–Kier alpha value is -1.80. The molecule has 0 atom stereocenters. The third kappa shape index (κ3) is 3.11.